The molecule has 5 heteroatoms. The highest BCUT2D eigenvalue weighted by atomic mass is 35.5. The largest absolute Gasteiger partial charge is 0.397 e. The van der Waals surface area contributed by atoms with E-state index in [2.05, 4.69) is 5.32 Å². The number of nitrogen functional groups attached to an aromatic ring is 1. The fraction of sp³-hybridized carbons (Fsp3) is 0.364. The summed E-state index contributed by atoms with van der Waals surface area (Å²) in [6.45, 7) is 0. The molecule has 3 nitrogen and oxygen atoms in total. The van der Waals surface area contributed by atoms with Gasteiger partial charge in [-0.15, -0.1) is 0 Å². The average Bonchev–Trinajstić information content (AvgIpc) is 2.08. The summed E-state index contributed by atoms with van der Waals surface area (Å²) >= 11 is 11.7. The Labute approximate surface area is 104 Å². The van der Waals surface area contributed by atoms with Crippen LogP contribution in [0.3, 0.4) is 0 Å². The number of halogens is 2. The molecular formula is C11H12Cl2N2O. The highest BCUT2D eigenvalue weighted by Crippen LogP contribution is 2.34. The molecule has 0 atom stereocenters. The summed E-state index contributed by atoms with van der Waals surface area (Å²) in [6.07, 6.45) is 3.00. The first-order valence-corrected chi connectivity index (χ1v) is 5.89. The number of amides is 1. The molecule has 0 spiro atoms. The maximum absolute atomic E-state index is 11.7. The van der Waals surface area contributed by atoms with Gasteiger partial charge in [-0.1, -0.05) is 29.6 Å². The van der Waals surface area contributed by atoms with Crippen LogP contribution in [-0.2, 0) is 4.79 Å². The van der Waals surface area contributed by atoms with Crippen LogP contribution in [-0.4, -0.2) is 5.91 Å². The van der Waals surface area contributed by atoms with Crippen molar-refractivity contribution in [2.24, 2.45) is 5.92 Å². The van der Waals surface area contributed by atoms with Crippen molar-refractivity contribution in [1.82, 2.24) is 0 Å². The van der Waals surface area contributed by atoms with E-state index in [0.717, 1.165) is 19.3 Å². The van der Waals surface area contributed by atoms with E-state index in [9.17, 15) is 4.79 Å². The van der Waals surface area contributed by atoms with Gasteiger partial charge in [-0.25, -0.2) is 0 Å². The van der Waals surface area contributed by atoms with Crippen LogP contribution in [0.25, 0.3) is 0 Å². The number of hydrogen-bond acceptors (Lipinski definition) is 2. The molecule has 0 saturated heterocycles. The van der Waals surface area contributed by atoms with Crippen LogP contribution in [0.2, 0.25) is 10.0 Å². The first-order valence-electron chi connectivity index (χ1n) is 5.13. The van der Waals surface area contributed by atoms with Crippen LogP contribution in [0, 0.1) is 5.92 Å². The van der Waals surface area contributed by atoms with Gasteiger partial charge in [-0.2, -0.15) is 0 Å². The van der Waals surface area contributed by atoms with Gasteiger partial charge in [0, 0.05) is 10.9 Å². The Balaban J connectivity index is 2.17. The molecule has 0 radical (unpaired) electrons. The summed E-state index contributed by atoms with van der Waals surface area (Å²) < 4.78 is 0. The zero-order chi connectivity index (χ0) is 11.7. The minimum Gasteiger partial charge on any atom is -0.397 e. The predicted molar refractivity (Wildman–Crippen MR) is 66.8 cm³/mol. The van der Waals surface area contributed by atoms with Crippen LogP contribution >= 0.6 is 23.2 Å². The van der Waals surface area contributed by atoms with Crippen molar-refractivity contribution in [3.8, 4) is 0 Å². The van der Waals surface area contributed by atoms with Gasteiger partial charge in [0.1, 0.15) is 0 Å². The van der Waals surface area contributed by atoms with Crippen molar-refractivity contribution in [2.45, 2.75) is 19.3 Å². The van der Waals surface area contributed by atoms with E-state index in [1.54, 1.807) is 12.1 Å². The average molecular weight is 259 g/mol. The van der Waals surface area contributed by atoms with Gasteiger partial charge in [0.15, 0.2) is 0 Å². The molecule has 1 amide bonds. The second-order valence-corrected chi connectivity index (χ2v) is 4.81. The molecule has 1 saturated carbocycles. The lowest BCUT2D eigenvalue weighted by atomic mass is 9.85. The smallest absolute Gasteiger partial charge is 0.227 e. The maximum atomic E-state index is 11.7. The number of carbonyl (C=O) groups excluding carboxylic acids is 1. The fourth-order valence-electron chi connectivity index (χ4n) is 1.62. The molecule has 1 aliphatic carbocycles. The molecule has 0 unspecified atom stereocenters. The Hall–Kier alpha value is -0.930. The van der Waals surface area contributed by atoms with Crippen molar-refractivity contribution in [2.75, 3.05) is 11.1 Å². The standard InChI is InChI=1S/C11H12Cl2N2O/c12-7-4-8(13)10(9(14)5-7)15-11(16)6-2-1-3-6/h4-6H,1-3,14H2,(H,15,16). The summed E-state index contributed by atoms with van der Waals surface area (Å²) in [5, 5.41) is 3.59. The second-order valence-electron chi connectivity index (χ2n) is 3.97. The third-order valence-electron chi connectivity index (χ3n) is 2.81. The predicted octanol–water partition coefficient (Wildman–Crippen LogP) is 3.31. The SMILES string of the molecule is Nc1cc(Cl)cc(Cl)c1NC(=O)C1CCC1. The van der Waals surface area contributed by atoms with Crippen molar-refractivity contribution in [3.63, 3.8) is 0 Å². The molecular weight excluding hydrogens is 247 g/mol. The van der Waals surface area contributed by atoms with Crippen LogP contribution in [0.15, 0.2) is 12.1 Å². The van der Waals surface area contributed by atoms with E-state index in [-0.39, 0.29) is 11.8 Å². The molecule has 0 heterocycles. The van der Waals surface area contributed by atoms with Gasteiger partial charge in [0.2, 0.25) is 5.91 Å². The lowest BCUT2D eigenvalue weighted by Gasteiger charge is -2.24. The first-order chi connectivity index (χ1) is 7.58. The first kappa shape index (κ1) is 11.6. The maximum Gasteiger partial charge on any atom is 0.227 e. The molecule has 3 N–H and O–H groups in total. The number of nitrogens with one attached hydrogen (secondary N) is 1. The molecule has 1 aliphatic rings. The minimum atomic E-state index is -0.0119. The van der Waals surface area contributed by atoms with Crippen molar-refractivity contribution in [1.29, 1.82) is 0 Å². The Bertz CT molecular complexity index is 407. The highest BCUT2D eigenvalue weighted by Gasteiger charge is 2.26. The number of carbonyl (C=O) groups is 1. The van der Waals surface area contributed by atoms with Crippen molar-refractivity contribution >= 4 is 40.5 Å². The van der Waals surface area contributed by atoms with E-state index in [1.807, 2.05) is 0 Å². The minimum absolute atomic E-state index is 0.0119. The van der Waals surface area contributed by atoms with Crippen LogP contribution in [0.1, 0.15) is 19.3 Å². The van der Waals surface area contributed by atoms with Crippen molar-refractivity contribution in [3.05, 3.63) is 22.2 Å². The topological polar surface area (TPSA) is 55.1 Å². The zero-order valence-corrected chi connectivity index (χ0v) is 10.1. The van der Waals surface area contributed by atoms with Gasteiger partial charge in [-0.3, -0.25) is 4.79 Å². The number of nitrogens with two attached hydrogens (primary N) is 1. The molecule has 86 valence electrons. The third-order valence-corrected chi connectivity index (χ3v) is 3.33. The van der Waals surface area contributed by atoms with E-state index >= 15 is 0 Å². The van der Waals surface area contributed by atoms with Gasteiger partial charge in [0.05, 0.1) is 16.4 Å². The van der Waals surface area contributed by atoms with Gasteiger partial charge in [0.25, 0.3) is 0 Å². The molecule has 1 aromatic carbocycles. The number of anilines is 2. The Morgan fingerprint density at radius 2 is 2.06 bits per heavy atom. The summed E-state index contributed by atoms with van der Waals surface area (Å²) in [6, 6.07) is 3.14. The van der Waals surface area contributed by atoms with Crippen molar-refractivity contribution < 1.29 is 4.79 Å². The van der Waals surface area contributed by atoms with Crippen LogP contribution in [0.5, 0.6) is 0 Å². The molecule has 1 aromatic rings. The Kier molecular flexibility index (Phi) is 3.26. The Morgan fingerprint density at radius 1 is 1.38 bits per heavy atom. The summed E-state index contributed by atoms with van der Waals surface area (Å²) in [4.78, 5) is 11.7. The molecule has 16 heavy (non-hydrogen) atoms. The Morgan fingerprint density at radius 3 is 2.56 bits per heavy atom. The number of benzene rings is 1. The van der Waals surface area contributed by atoms with Gasteiger partial charge in [-0.05, 0) is 25.0 Å². The van der Waals surface area contributed by atoms with E-state index in [0.29, 0.717) is 21.4 Å². The zero-order valence-electron chi connectivity index (χ0n) is 8.59. The van der Waals surface area contributed by atoms with Gasteiger partial charge >= 0.3 is 0 Å². The molecule has 0 aromatic heterocycles. The molecule has 0 aliphatic heterocycles. The monoisotopic (exact) mass is 258 g/mol. The molecule has 1 fully saturated rings. The molecule has 2 rings (SSSR count). The highest BCUT2D eigenvalue weighted by molar-refractivity contribution is 6.37. The lowest BCUT2D eigenvalue weighted by Crippen LogP contribution is -2.28. The van der Waals surface area contributed by atoms with E-state index in [1.165, 1.54) is 0 Å². The van der Waals surface area contributed by atoms with E-state index < -0.39 is 0 Å². The van der Waals surface area contributed by atoms with Crippen LogP contribution in [0.4, 0.5) is 11.4 Å². The lowest BCUT2D eigenvalue weighted by molar-refractivity contribution is -0.122. The van der Waals surface area contributed by atoms with Gasteiger partial charge < -0.3 is 11.1 Å². The fourth-order valence-corrected chi connectivity index (χ4v) is 2.18. The second kappa shape index (κ2) is 4.52. The van der Waals surface area contributed by atoms with Crippen LogP contribution < -0.4 is 11.1 Å². The molecule has 0 bridgehead atoms. The number of hydrogen-bond donors (Lipinski definition) is 2. The third kappa shape index (κ3) is 2.25. The quantitative estimate of drug-likeness (QED) is 0.800. The summed E-state index contributed by atoms with van der Waals surface area (Å²) in [7, 11) is 0. The number of rotatable bonds is 2. The normalized spacial score (nSPS) is 15.6. The summed E-state index contributed by atoms with van der Waals surface area (Å²) in [5.74, 6) is 0.0910. The van der Waals surface area contributed by atoms with E-state index in [4.69, 9.17) is 28.9 Å². The summed E-state index contributed by atoms with van der Waals surface area (Å²) in [5.41, 5.74) is 6.60.